The van der Waals surface area contributed by atoms with Crippen molar-refractivity contribution >= 4 is 66.3 Å². The Bertz CT molecular complexity index is 1590. The first-order chi connectivity index (χ1) is 12.6. The summed E-state index contributed by atoms with van der Waals surface area (Å²) >= 11 is 12.7. The number of hydrogen-bond donors (Lipinski definition) is 0. The first-order valence-corrected chi connectivity index (χ1v) is 8.93. The average molecular weight is 375 g/mol. The largest absolute Gasteiger partial charge is 0.289 e. The van der Waals surface area contributed by atoms with Crippen molar-refractivity contribution in [3.05, 3.63) is 79.0 Å². The zero-order valence-electron chi connectivity index (χ0n) is 13.2. The Labute approximate surface area is 156 Å². The molecule has 0 amide bonds. The zero-order valence-corrected chi connectivity index (χ0v) is 14.7. The van der Waals surface area contributed by atoms with E-state index in [1.807, 2.05) is 42.5 Å². The van der Waals surface area contributed by atoms with Crippen LogP contribution in [-0.2, 0) is 0 Å². The van der Waals surface area contributed by atoms with E-state index in [2.05, 4.69) is 0 Å². The van der Waals surface area contributed by atoms with Gasteiger partial charge < -0.3 is 0 Å². The van der Waals surface area contributed by atoms with E-state index < -0.39 is 0 Å². The van der Waals surface area contributed by atoms with Crippen molar-refractivity contribution in [2.24, 2.45) is 0 Å². The summed E-state index contributed by atoms with van der Waals surface area (Å²) in [7, 11) is 0. The van der Waals surface area contributed by atoms with Crippen LogP contribution in [0.1, 0.15) is 0 Å². The maximum atomic E-state index is 13.3. The summed E-state index contributed by atoms with van der Waals surface area (Å²) in [4.78, 5) is 26.5. The molecule has 4 aromatic carbocycles. The molecule has 4 aromatic rings. The Hall–Kier alpha value is -2.68. The fraction of sp³-hybridized carbons (Fsp3) is 0. The summed E-state index contributed by atoms with van der Waals surface area (Å²) in [5.41, 5.74) is 1.48. The van der Waals surface area contributed by atoms with Crippen molar-refractivity contribution in [3.63, 3.8) is 0 Å². The quantitative estimate of drug-likeness (QED) is 0.250. The molecule has 0 saturated heterocycles. The van der Waals surface area contributed by atoms with Crippen LogP contribution in [0.25, 0.3) is 54.2 Å². The van der Waals surface area contributed by atoms with E-state index in [4.69, 9.17) is 23.2 Å². The van der Waals surface area contributed by atoms with Gasteiger partial charge in [0.05, 0.1) is 15.4 Å². The highest BCUT2D eigenvalue weighted by atomic mass is 35.5. The van der Waals surface area contributed by atoms with Gasteiger partial charge in [-0.3, -0.25) is 9.59 Å². The van der Waals surface area contributed by atoms with Gasteiger partial charge in [-0.05, 0) is 29.0 Å². The molecular formula is C22H8Cl2O2. The zero-order chi connectivity index (χ0) is 17.7. The van der Waals surface area contributed by atoms with Crippen molar-refractivity contribution in [2.75, 3.05) is 0 Å². The third-order valence-corrected chi connectivity index (χ3v) is 6.24. The second kappa shape index (κ2) is 4.53. The summed E-state index contributed by atoms with van der Waals surface area (Å²) in [5.74, 6) is 0. The summed E-state index contributed by atoms with van der Waals surface area (Å²) in [5, 5.41) is 6.14. The van der Waals surface area contributed by atoms with Crippen LogP contribution in [0.4, 0.5) is 0 Å². The molecule has 0 N–H and O–H groups in total. The molecule has 0 spiro atoms. The molecule has 2 aliphatic carbocycles. The molecule has 0 radical (unpaired) electrons. The van der Waals surface area contributed by atoms with Crippen LogP contribution in [-0.4, -0.2) is 0 Å². The van der Waals surface area contributed by atoms with Crippen LogP contribution in [0, 0.1) is 0 Å². The maximum Gasteiger partial charge on any atom is 0.195 e. The highest BCUT2D eigenvalue weighted by molar-refractivity contribution is 6.47. The third kappa shape index (κ3) is 1.47. The van der Waals surface area contributed by atoms with Crippen molar-refractivity contribution in [2.45, 2.75) is 0 Å². The van der Waals surface area contributed by atoms with Gasteiger partial charge in [-0.15, -0.1) is 0 Å². The highest BCUT2D eigenvalue weighted by Crippen LogP contribution is 2.46. The SMILES string of the molecule is O=c1c2ccc3cc(Cl)c(Cl)c4c(=O)c5ccc6cccc1c6c5-c2c34. The summed E-state index contributed by atoms with van der Waals surface area (Å²) < 4.78 is 0. The Morgan fingerprint density at radius 2 is 1.31 bits per heavy atom. The normalized spacial score (nSPS) is 12.5. The molecule has 0 aromatic heterocycles. The Balaban J connectivity index is 2.17. The molecule has 0 fully saturated rings. The van der Waals surface area contributed by atoms with E-state index in [1.54, 1.807) is 6.07 Å². The number of rotatable bonds is 0. The van der Waals surface area contributed by atoms with E-state index in [-0.39, 0.29) is 15.9 Å². The predicted octanol–water partition coefficient (Wildman–Crippen LogP) is 5.74. The van der Waals surface area contributed by atoms with Gasteiger partial charge in [-0.1, -0.05) is 53.5 Å². The number of benzene rings is 6. The van der Waals surface area contributed by atoms with Crippen LogP contribution in [0.2, 0.25) is 10.0 Å². The van der Waals surface area contributed by atoms with Crippen LogP contribution in [0.15, 0.2) is 58.1 Å². The average Bonchev–Trinajstić information content (AvgIpc) is 2.65. The fourth-order valence-corrected chi connectivity index (χ4v) is 4.84. The Morgan fingerprint density at radius 3 is 2.12 bits per heavy atom. The summed E-state index contributed by atoms with van der Waals surface area (Å²) in [6, 6.07) is 14.8. The first-order valence-electron chi connectivity index (χ1n) is 8.18. The topological polar surface area (TPSA) is 34.1 Å². The molecular weight excluding hydrogens is 367 g/mol. The minimum absolute atomic E-state index is 0.0245. The van der Waals surface area contributed by atoms with E-state index in [0.717, 1.165) is 32.7 Å². The van der Waals surface area contributed by atoms with E-state index in [0.29, 0.717) is 26.6 Å². The minimum Gasteiger partial charge on any atom is -0.289 e. The second-order valence-electron chi connectivity index (χ2n) is 6.68. The van der Waals surface area contributed by atoms with Crippen LogP contribution in [0.3, 0.4) is 0 Å². The number of hydrogen-bond acceptors (Lipinski definition) is 2. The lowest BCUT2D eigenvalue weighted by Crippen LogP contribution is -2.13. The monoisotopic (exact) mass is 374 g/mol. The van der Waals surface area contributed by atoms with Gasteiger partial charge in [0.15, 0.2) is 10.9 Å². The molecule has 0 atom stereocenters. The van der Waals surface area contributed by atoms with Crippen molar-refractivity contribution in [1.82, 2.24) is 0 Å². The predicted molar refractivity (Wildman–Crippen MR) is 109 cm³/mol. The molecule has 0 saturated carbocycles. The van der Waals surface area contributed by atoms with Gasteiger partial charge in [-0.2, -0.15) is 0 Å². The van der Waals surface area contributed by atoms with Gasteiger partial charge in [0.1, 0.15) is 0 Å². The first kappa shape index (κ1) is 14.5. The Morgan fingerprint density at radius 1 is 0.615 bits per heavy atom. The van der Waals surface area contributed by atoms with Gasteiger partial charge in [-0.25, -0.2) is 0 Å². The highest BCUT2D eigenvalue weighted by Gasteiger charge is 2.26. The standard InChI is InChI=1S/C22H8Cl2O2/c23-14-8-10-5-7-12-18-16(10)19(20(14)24)22(26)13-6-4-9-2-1-3-11(21(12)25)15(9)17(13)18/h1-8H. The van der Waals surface area contributed by atoms with Crippen molar-refractivity contribution in [1.29, 1.82) is 0 Å². The maximum absolute atomic E-state index is 13.3. The molecule has 2 nitrogen and oxygen atoms in total. The van der Waals surface area contributed by atoms with Gasteiger partial charge in [0.2, 0.25) is 0 Å². The lowest BCUT2D eigenvalue weighted by Gasteiger charge is -2.21. The molecule has 0 heterocycles. The van der Waals surface area contributed by atoms with Gasteiger partial charge in [0, 0.05) is 38.1 Å². The smallest absolute Gasteiger partial charge is 0.195 e. The van der Waals surface area contributed by atoms with Crippen molar-refractivity contribution < 1.29 is 0 Å². The fourth-order valence-electron chi connectivity index (χ4n) is 4.40. The van der Waals surface area contributed by atoms with E-state index >= 15 is 0 Å². The molecule has 122 valence electrons. The molecule has 4 heteroatoms. The third-order valence-electron chi connectivity index (χ3n) is 5.46. The van der Waals surface area contributed by atoms with Gasteiger partial charge >= 0.3 is 0 Å². The number of halogens is 2. The molecule has 0 bridgehead atoms. The molecule has 0 aliphatic heterocycles. The van der Waals surface area contributed by atoms with Crippen LogP contribution >= 0.6 is 23.2 Å². The molecule has 0 unspecified atom stereocenters. The van der Waals surface area contributed by atoms with E-state index in [9.17, 15) is 9.59 Å². The minimum atomic E-state index is -0.145. The lowest BCUT2D eigenvalue weighted by molar-refractivity contribution is 1.65. The summed E-state index contributed by atoms with van der Waals surface area (Å²) in [6.07, 6.45) is 0. The lowest BCUT2D eigenvalue weighted by atomic mass is 9.81. The molecule has 6 rings (SSSR count). The van der Waals surface area contributed by atoms with E-state index in [1.165, 1.54) is 0 Å². The van der Waals surface area contributed by atoms with Crippen LogP contribution in [0.5, 0.6) is 0 Å². The van der Waals surface area contributed by atoms with Crippen LogP contribution < -0.4 is 10.9 Å². The summed E-state index contributed by atoms with van der Waals surface area (Å²) in [6.45, 7) is 0. The molecule has 2 aliphatic rings. The van der Waals surface area contributed by atoms with Gasteiger partial charge in [0.25, 0.3) is 0 Å². The second-order valence-corrected chi connectivity index (χ2v) is 7.47. The Kier molecular flexibility index (Phi) is 2.52. The molecule has 26 heavy (non-hydrogen) atoms. The van der Waals surface area contributed by atoms with Crippen molar-refractivity contribution in [3.8, 4) is 11.1 Å².